The quantitative estimate of drug-likeness (QED) is 0.317. The van der Waals surface area contributed by atoms with E-state index < -0.39 is 57.0 Å². The summed E-state index contributed by atoms with van der Waals surface area (Å²) in [4.78, 5) is 12.5. The summed E-state index contributed by atoms with van der Waals surface area (Å²) in [7, 11) is -9.14. The van der Waals surface area contributed by atoms with Crippen molar-refractivity contribution in [1.82, 2.24) is 0 Å². The van der Waals surface area contributed by atoms with Gasteiger partial charge in [-0.05, 0) is 0 Å². The molecule has 0 saturated carbocycles. The zero-order valence-corrected chi connectivity index (χ0v) is 25.6. The van der Waals surface area contributed by atoms with Crippen LogP contribution in [-0.4, -0.2) is 62.7 Å². The second-order valence-corrected chi connectivity index (χ2v) is 41.8. The molecule has 1 aliphatic heterocycles. The zero-order valence-electron chi connectivity index (χ0n) is 17.5. The topological polar surface area (TPSA) is 118 Å². The molecule has 164 valence electrons. The Morgan fingerprint density at radius 2 is 1.03 bits per heavy atom. The van der Waals surface area contributed by atoms with Crippen LogP contribution in [-0.2, 0) is 20.2 Å². The molecule has 1 aliphatic rings. The van der Waals surface area contributed by atoms with Gasteiger partial charge in [0.2, 0.25) is 0 Å². The molecule has 0 saturated heterocycles. The third kappa shape index (κ3) is 4.69. The van der Waals surface area contributed by atoms with Crippen LogP contribution in [0.4, 0.5) is 0 Å². The normalized spacial score (nSPS) is 14.7. The Morgan fingerprint density at radius 3 is 1.30 bits per heavy atom. The Bertz CT molecular complexity index is 1160. The molecule has 0 atom stereocenters. The molecule has 0 aromatic heterocycles. The van der Waals surface area contributed by atoms with E-state index in [1.807, 2.05) is 0 Å². The van der Waals surface area contributed by atoms with Gasteiger partial charge in [0.15, 0.2) is 0 Å². The molecule has 0 amide bonds. The van der Waals surface area contributed by atoms with Gasteiger partial charge >= 0.3 is 192 Å². The maximum absolute atomic E-state index is 12.0. The number of ether oxygens (including phenoxy) is 1. The summed E-state index contributed by atoms with van der Waals surface area (Å²) in [5.41, 5.74) is 0. The van der Waals surface area contributed by atoms with Crippen molar-refractivity contribution in [3.63, 3.8) is 0 Å². The van der Waals surface area contributed by atoms with Crippen LogP contribution in [0.15, 0.2) is 43.8 Å². The number of rotatable bonds is 4. The molecule has 2 aromatic rings. The molecular formula is C18H24O7S3Sn2. The van der Waals surface area contributed by atoms with E-state index in [0.29, 0.717) is 11.5 Å². The molecule has 2 aromatic carbocycles. The van der Waals surface area contributed by atoms with Crippen LogP contribution in [0.25, 0.3) is 0 Å². The van der Waals surface area contributed by atoms with Crippen LogP contribution in [0.3, 0.4) is 0 Å². The molecule has 0 spiro atoms. The minimum atomic E-state index is -4.57. The fourth-order valence-electron chi connectivity index (χ4n) is 3.28. The first-order chi connectivity index (χ1) is 13.4. The standard InChI is InChI=1S/C12H6O7S3.6CH3.2Sn/c13-21(14,15)9-5-1-3-7-11(9)20-12-8(19-7)4-2-6-10(12)22(16,17)18;;;;;;;;/h1-2,5-6H,(H,13,14,15)(H,16,17,18);6*1H3;;. The Balaban J connectivity index is 2.44. The average molecular weight is 686 g/mol. The van der Waals surface area contributed by atoms with Crippen LogP contribution < -0.4 is 11.9 Å². The summed E-state index contributed by atoms with van der Waals surface area (Å²) >= 11 is -4.70. The van der Waals surface area contributed by atoms with E-state index >= 15 is 0 Å². The fourth-order valence-corrected chi connectivity index (χ4v) is 15.1. The van der Waals surface area contributed by atoms with Gasteiger partial charge in [0, 0.05) is 0 Å². The average Bonchev–Trinajstić information content (AvgIpc) is 2.54. The van der Waals surface area contributed by atoms with Crippen molar-refractivity contribution < 1.29 is 30.7 Å². The van der Waals surface area contributed by atoms with E-state index in [1.54, 1.807) is 12.1 Å². The summed E-state index contributed by atoms with van der Waals surface area (Å²) in [6, 6.07) is 6.06. The van der Waals surface area contributed by atoms with Crippen LogP contribution in [0, 0.1) is 0 Å². The van der Waals surface area contributed by atoms with Crippen LogP contribution >= 0.6 is 11.8 Å². The van der Waals surface area contributed by atoms with E-state index in [9.17, 15) is 25.9 Å². The fraction of sp³-hybridized carbons (Fsp3) is 0.333. The number of fused-ring (bicyclic) bond motifs is 2. The Labute approximate surface area is 189 Å². The first-order valence-corrected chi connectivity index (χ1v) is 32.8. The maximum atomic E-state index is 12.0. The van der Waals surface area contributed by atoms with Gasteiger partial charge in [-0.2, -0.15) is 0 Å². The van der Waals surface area contributed by atoms with E-state index in [2.05, 4.69) is 29.6 Å². The predicted molar refractivity (Wildman–Crippen MR) is 123 cm³/mol. The first kappa shape index (κ1) is 24.6. The van der Waals surface area contributed by atoms with Gasteiger partial charge in [-0.15, -0.1) is 0 Å². The molecule has 0 bridgehead atoms. The second kappa shape index (κ2) is 7.80. The van der Waals surface area contributed by atoms with E-state index in [0.717, 1.165) is 18.9 Å². The van der Waals surface area contributed by atoms with Gasteiger partial charge in [-0.25, -0.2) is 0 Å². The monoisotopic (exact) mass is 688 g/mol. The molecule has 1 heterocycles. The molecule has 0 aliphatic carbocycles. The van der Waals surface area contributed by atoms with Gasteiger partial charge < -0.3 is 0 Å². The van der Waals surface area contributed by atoms with Crippen LogP contribution in [0.5, 0.6) is 11.5 Å². The van der Waals surface area contributed by atoms with Crippen LogP contribution in [0.2, 0.25) is 29.6 Å². The molecule has 3 rings (SSSR count). The number of benzene rings is 2. The molecule has 7 nitrogen and oxygen atoms in total. The second-order valence-electron chi connectivity index (χ2n) is 9.19. The van der Waals surface area contributed by atoms with Crippen molar-refractivity contribution in [2.24, 2.45) is 0 Å². The number of hydrogen-bond acceptors (Lipinski definition) is 6. The van der Waals surface area contributed by atoms with Crippen LogP contribution in [0.1, 0.15) is 0 Å². The van der Waals surface area contributed by atoms with Crippen molar-refractivity contribution in [2.75, 3.05) is 0 Å². The molecule has 30 heavy (non-hydrogen) atoms. The zero-order chi connectivity index (χ0) is 22.9. The van der Waals surface area contributed by atoms with E-state index in [1.165, 1.54) is 12.1 Å². The van der Waals surface area contributed by atoms with Gasteiger partial charge in [-0.3, -0.25) is 0 Å². The summed E-state index contributed by atoms with van der Waals surface area (Å²) in [5.74, 6) is 0.741. The van der Waals surface area contributed by atoms with Gasteiger partial charge in [0.05, 0.1) is 0 Å². The van der Waals surface area contributed by atoms with Gasteiger partial charge in [0.1, 0.15) is 0 Å². The molecule has 0 unspecified atom stereocenters. The summed E-state index contributed by atoms with van der Waals surface area (Å²) < 4.78 is 75.8. The predicted octanol–water partition coefficient (Wildman–Crippen LogP) is 3.53. The molecule has 0 radical (unpaired) electrons. The summed E-state index contributed by atoms with van der Waals surface area (Å²) in [6.45, 7) is 0. The van der Waals surface area contributed by atoms with Gasteiger partial charge in [0.25, 0.3) is 0 Å². The summed E-state index contributed by atoms with van der Waals surface area (Å²) in [6.07, 6.45) is 0. The minimum absolute atomic E-state index is 0.153. The Morgan fingerprint density at radius 1 is 0.700 bits per heavy atom. The first-order valence-electron chi connectivity index (χ1n) is 9.08. The van der Waals surface area contributed by atoms with Crippen molar-refractivity contribution in [1.29, 1.82) is 0 Å². The molecule has 12 heteroatoms. The molecule has 2 N–H and O–H groups in total. The van der Waals surface area contributed by atoms with Gasteiger partial charge in [-0.1, -0.05) is 0 Å². The van der Waals surface area contributed by atoms with E-state index in [-0.39, 0.29) is 19.6 Å². The Kier molecular flexibility index (Phi) is 6.41. The number of hydrogen-bond donors (Lipinski definition) is 2. The molecular weight excluding hydrogens is 662 g/mol. The van der Waals surface area contributed by atoms with Crippen molar-refractivity contribution >= 4 is 75.9 Å². The third-order valence-electron chi connectivity index (χ3n) is 4.73. The van der Waals surface area contributed by atoms with Crippen molar-refractivity contribution in [3.8, 4) is 11.5 Å². The van der Waals surface area contributed by atoms with Crippen molar-refractivity contribution in [2.45, 2.75) is 49.2 Å². The van der Waals surface area contributed by atoms with E-state index in [4.69, 9.17) is 4.74 Å². The molecule has 0 fully saturated rings. The Hall–Kier alpha value is 0.00740. The van der Waals surface area contributed by atoms with Crippen molar-refractivity contribution in [3.05, 3.63) is 24.3 Å². The SMILES string of the molecule is [CH3][Sn]([CH3])([CH3])[c]1ccc(S(=O)(=O)O)c2c1Oc1[c]([Sn]([CH3])([CH3])[CH3])ccc(S(=O)(=O)O)c1S2. The third-order valence-corrected chi connectivity index (χ3v) is 19.5. The summed E-state index contributed by atoms with van der Waals surface area (Å²) in [5, 5.41) is 0.